The third kappa shape index (κ3) is 6.72. The highest BCUT2D eigenvalue weighted by atomic mass is 16.4. The van der Waals surface area contributed by atoms with Crippen molar-refractivity contribution in [3.63, 3.8) is 0 Å². The van der Waals surface area contributed by atoms with E-state index in [9.17, 15) is 4.79 Å². The van der Waals surface area contributed by atoms with E-state index in [-0.39, 0.29) is 5.91 Å². The lowest BCUT2D eigenvalue weighted by Gasteiger charge is -2.29. The van der Waals surface area contributed by atoms with Gasteiger partial charge in [-0.1, -0.05) is 12.1 Å². The first kappa shape index (κ1) is 26.3. The largest absolute Gasteiger partial charge is 0.481 e. The highest BCUT2D eigenvalue weighted by Crippen LogP contribution is 2.28. The smallest absolute Gasteiger partial charge is 0.300 e. The number of hydrogen-bond donors (Lipinski definition) is 4. The average molecular weight is 512 g/mol. The maximum atomic E-state index is 12.8. The van der Waals surface area contributed by atoms with Gasteiger partial charge in [0.1, 0.15) is 5.82 Å². The number of carboxylic acid groups (broad SMARTS) is 1. The maximum absolute atomic E-state index is 12.8. The van der Waals surface area contributed by atoms with Gasteiger partial charge in [0, 0.05) is 18.2 Å². The molecule has 1 aliphatic rings. The van der Waals surface area contributed by atoms with Crippen LogP contribution in [0.4, 0.5) is 17.3 Å². The Morgan fingerprint density at radius 1 is 1.05 bits per heavy atom. The molecule has 1 fully saturated rings. The van der Waals surface area contributed by atoms with Gasteiger partial charge in [0.15, 0.2) is 11.5 Å². The molecule has 5 rings (SSSR count). The van der Waals surface area contributed by atoms with Crippen molar-refractivity contribution < 1.29 is 14.7 Å². The lowest BCUT2D eigenvalue weighted by Crippen LogP contribution is -2.29. The van der Waals surface area contributed by atoms with Gasteiger partial charge in [0.2, 0.25) is 0 Å². The standard InChI is InChI=1S/C26H25N7O.C2H4O2/c1-33-14-12-19(13-15-33)18-4-6-20(7-5-18)26(34)30-25-22-10-11-23(29-24(22)31-32-25)28-21-8-2-17(16-27)3-9-21;1-2(3)4/h2-11,19H,12-15H2,1H3,(H3,28,29,30,31,32,34);1H3,(H,3,4). The molecular weight excluding hydrogens is 482 g/mol. The molecule has 3 heterocycles. The highest BCUT2D eigenvalue weighted by Gasteiger charge is 2.19. The predicted molar refractivity (Wildman–Crippen MR) is 146 cm³/mol. The first-order valence-electron chi connectivity index (χ1n) is 12.2. The number of likely N-dealkylation sites (tertiary alicyclic amines) is 1. The van der Waals surface area contributed by atoms with Gasteiger partial charge in [-0.15, -0.1) is 0 Å². The summed E-state index contributed by atoms with van der Waals surface area (Å²) >= 11 is 0. The summed E-state index contributed by atoms with van der Waals surface area (Å²) in [6.45, 7) is 3.30. The number of hydrogen-bond acceptors (Lipinski definition) is 7. The van der Waals surface area contributed by atoms with Crippen molar-refractivity contribution in [1.29, 1.82) is 5.26 Å². The van der Waals surface area contributed by atoms with Crippen molar-refractivity contribution >= 4 is 40.2 Å². The monoisotopic (exact) mass is 511 g/mol. The Kier molecular flexibility index (Phi) is 8.30. The number of carbonyl (C=O) groups excluding carboxylic acids is 1. The zero-order valence-electron chi connectivity index (χ0n) is 21.2. The van der Waals surface area contributed by atoms with E-state index in [2.05, 4.69) is 56.0 Å². The van der Waals surface area contributed by atoms with E-state index in [0.717, 1.165) is 43.9 Å². The summed E-state index contributed by atoms with van der Waals surface area (Å²) in [5.41, 5.74) is 3.87. The number of piperidine rings is 1. The number of carboxylic acids is 1. The second kappa shape index (κ2) is 12.0. The number of nitrogens with one attached hydrogen (secondary N) is 3. The van der Waals surface area contributed by atoms with Crippen LogP contribution in [-0.4, -0.2) is 57.2 Å². The van der Waals surface area contributed by atoms with E-state index in [0.29, 0.717) is 34.3 Å². The van der Waals surface area contributed by atoms with Crippen molar-refractivity contribution in [1.82, 2.24) is 20.1 Å². The number of anilines is 3. The average Bonchev–Trinajstić information content (AvgIpc) is 3.31. The number of fused-ring (bicyclic) bond motifs is 1. The molecule has 1 amide bonds. The second-order valence-electron chi connectivity index (χ2n) is 9.15. The number of nitriles is 1. The Hall–Kier alpha value is -4.75. The van der Waals surface area contributed by atoms with Gasteiger partial charge in [-0.2, -0.15) is 10.4 Å². The van der Waals surface area contributed by atoms with Crippen LogP contribution in [0.3, 0.4) is 0 Å². The molecule has 0 radical (unpaired) electrons. The van der Waals surface area contributed by atoms with Crippen LogP contribution < -0.4 is 10.6 Å². The molecule has 1 saturated heterocycles. The predicted octanol–water partition coefficient (Wildman–Crippen LogP) is 4.73. The topological polar surface area (TPSA) is 147 Å². The first-order chi connectivity index (χ1) is 18.3. The Morgan fingerprint density at radius 2 is 1.71 bits per heavy atom. The van der Waals surface area contributed by atoms with Crippen LogP contribution in [0.25, 0.3) is 11.0 Å². The van der Waals surface area contributed by atoms with Gasteiger partial charge in [-0.3, -0.25) is 14.7 Å². The van der Waals surface area contributed by atoms with Crippen LogP contribution >= 0.6 is 0 Å². The number of aromatic nitrogens is 3. The van der Waals surface area contributed by atoms with Crippen LogP contribution in [0.1, 0.15) is 47.2 Å². The first-order valence-corrected chi connectivity index (χ1v) is 12.2. The zero-order chi connectivity index (χ0) is 27.1. The molecule has 2 aromatic heterocycles. The molecule has 10 nitrogen and oxygen atoms in total. The van der Waals surface area contributed by atoms with E-state index >= 15 is 0 Å². The van der Waals surface area contributed by atoms with Gasteiger partial charge in [-0.25, -0.2) is 4.98 Å². The van der Waals surface area contributed by atoms with Gasteiger partial charge < -0.3 is 20.6 Å². The van der Waals surface area contributed by atoms with Crippen molar-refractivity contribution in [3.05, 3.63) is 77.4 Å². The number of pyridine rings is 1. The van der Waals surface area contributed by atoms with E-state index in [1.807, 2.05) is 36.4 Å². The summed E-state index contributed by atoms with van der Waals surface area (Å²) in [7, 11) is 2.16. The van der Waals surface area contributed by atoms with E-state index in [1.54, 1.807) is 12.1 Å². The fraction of sp³-hybridized carbons (Fsp3) is 0.250. The van der Waals surface area contributed by atoms with Crippen LogP contribution in [0, 0.1) is 11.3 Å². The number of amides is 1. The van der Waals surface area contributed by atoms with Gasteiger partial charge in [0.25, 0.3) is 11.9 Å². The number of nitrogens with zero attached hydrogens (tertiary/aromatic N) is 4. The number of aliphatic carboxylic acids is 1. The molecule has 0 aliphatic carbocycles. The Bertz CT molecular complexity index is 1440. The molecule has 0 bridgehead atoms. The number of carbonyl (C=O) groups is 2. The number of H-pyrrole nitrogens is 1. The van der Waals surface area contributed by atoms with Crippen molar-refractivity contribution in [2.24, 2.45) is 0 Å². The second-order valence-corrected chi connectivity index (χ2v) is 9.15. The van der Waals surface area contributed by atoms with E-state index in [4.69, 9.17) is 15.2 Å². The zero-order valence-corrected chi connectivity index (χ0v) is 21.2. The Balaban J connectivity index is 0.000000786. The third-order valence-corrected chi connectivity index (χ3v) is 6.31. The molecule has 38 heavy (non-hydrogen) atoms. The molecule has 0 unspecified atom stereocenters. The van der Waals surface area contributed by atoms with Crippen LogP contribution in [0.5, 0.6) is 0 Å². The lowest BCUT2D eigenvalue weighted by atomic mass is 9.89. The van der Waals surface area contributed by atoms with Crippen LogP contribution in [0.15, 0.2) is 60.7 Å². The molecule has 1 aliphatic heterocycles. The summed E-state index contributed by atoms with van der Waals surface area (Å²) in [6, 6.07) is 20.8. The molecule has 4 aromatic rings. The Labute approximate surface area is 220 Å². The molecule has 0 spiro atoms. The summed E-state index contributed by atoms with van der Waals surface area (Å²) in [5.74, 6) is 0.588. The Morgan fingerprint density at radius 3 is 2.34 bits per heavy atom. The number of aromatic amines is 1. The molecule has 194 valence electrons. The van der Waals surface area contributed by atoms with E-state index < -0.39 is 5.97 Å². The van der Waals surface area contributed by atoms with Gasteiger partial charge >= 0.3 is 0 Å². The molecule has 4 N–H and O–H groups in total. The van der Waals surface area contributed by atoms with Crippen molar-refractivity contribution in [2.45, 2.75) is 25.7 Å². The van der Waals surface area contributed by atoms with Crippen LogP contribution in [0.2, 0.25) is 0 Å². The summed E-state index contributed by atoms with van der Waals surface area (Å²) in [6.07, 6.45) is 2.30. The quantitative estimate of drug-likeness (QED) is 0.301. The molecular formula is C28H29N7O3. The maximum Gasteiger partial charge on any atom is 0.300 e. The SMILES string of the molecule is CC(=O)O.CN1CCC(c2ccc(C(=O)Nc3n[nH]c4nc(Nc5ccc(C#N)cc5)ccc34)cc2)CC1. The lowest BCUT2D eigenvalue weighted by molar-refractivity contribution is -0.134. The number of benzene rings is 2. The van der Waals surface area contributed by atoms with E-state index in [1.165, 1.54) is 5.56 Å². The van der Waals surface area contributed by atoms with Gasteiger partial charge in [0.05, 0.1) is 17.0 Å². The fourth-order valence-electron chi connectivity index (χ4n) is 4.27. The minimum Gasteiger partial charge on any atom is -0.481 e. The fourth-order valence-corrected chi connectivity index (χ4v) is 4.27. The minimum atomic E-state index is -0.833. The van der Waals surface area contributed by atoms with Crippen LogP contribution in [-0.2, 0) is 4.79 Å². The summed E-state index contributed by atoms with van der Waals surface area (Å²) in [5, 5.41) is 30.3. The minimum absolute atomic E-state index is 0.205. The molecule has 0 saturated carbocycles. The summed E-state index contributed by atoms with van der Waals surface area (Å²) in [4.78, 5) is 28.7. The van der Waals surface area contributed by atoms with Crippen molar-refractivity contribution in [2.75, 3.05) is 30.8 Å². The highest BCUT2D eigenvalue weighted by molar-refractivity contribution is 6.07. The van der Waals surface area contributed by atoms with Gasteiger partial charge in [-0.05, 0) is 93.0 Å². The molecule has 10 heteroatoms. The number of rotatable bonds is 5. The third-order valence-electron chi connectivity index (χ3n) is 6.31. The normalized spacial score (nSPS) is 13.7. The summed E-state index contributed by atoms with van der Waals surface area (Å²) < 4.78 is 0. The molecule has 0 atom stereocenters. The van der Waals surface area contributed by atoms with Crippen molar-refractivity contribution in [3.8, 4) is 6.07 Å². The molecule has 2 aromatic carbocycles.